The van der Waals surface area contributed by atoms with Crippen molar-refractivity contribution < 1.29 is 0 Å². The zero-order chi connectivity index (χ0) is 10.6. The minimum absolute atomic E-state index is 1.02. The Morgan fingerprint density at radius 3 is 1.86 bits per heavy atom. The molecule has 0 spiro atoms. The Morgan fingerprint density at radius 1 is 0.643 bits per heavy atom. The molecular formula is C14H30. The Labute approximate surface area is 91.5 Å². The van der Waals surface area contributed by atoms with E-state index in [1.165, 1.54) is 64.2 Å². The Balaban J connectivity index is 3.15. The molecule has 0 fully saturated rings. The van der Waals surface area contributed by atoms with Crippen LogP contribution in [-0.4, -0.2) is 0 Å². The van der Waals surface area contributed by atoms with Gasteiger partial charge in [0.2, 0.25) is 0 Å². The first kappa shape index (κ1) is 14.0. The van der Waals surface area contributed by atoms with Crippen LogP contribution in [0.1, 0.15) is 85.0 Å². The van der Waals surface area contributed by atoms with Gasteiger partial charge in [-0.15, -0.1) is 0 Å². The van der Waals surface area contributed by atoms with Gasteiger partial charge in [0.1, 0.15) is 0 Å². The van der Waals surface area contributed by atoms with E-state index in [1.807, 2.05) is 0 Å². The van der Waals surface area contributed by atoms with E-state index in [0.717, 1.165) is 5.92 Å². The number of hydrogen-bond donors (Lipinski definition) is 0. The molecule has 0 aliphatic rings. The lowest BCUT2D eigenvalue weighted by atomic mass is 9.94. The molecule has 0 rings (SSSR count). The van der Waals surface area contributed by atoms with Crippen molar-refractivity contribution in [2.45, 2.75) is 85.0 Å². The van der Waals surface area contributed by atoms with Gasteiger partial charge in [-0.2, -0.15) is 0 Å². The van der Waals surface area contributed by atoms with Crippen molar-refractivity contribution in [1.82, 2.24) is 0 Å². The van der Waals surface area contributed by atoms with Gasteiger partial charge in [-0.05, 0) is 5.92 Å². The van der Waals surface area contributed by atoms with Gasteiger partial charge in [0.05, 0.1) is 0 Å². The largest absolute Gasteiger partial charge is 0.0654 e. The second kappa shape index (κ2) is 11.1. The Bertz CT molecular complexity index is 96.2. The van der Waals surface area contributed by atoms with Crippen LogP contribution in [0.4, 0.5) is 0 Å². The molecule has 0 aliphatic carbocycles. The van der Waals surface area contributed by atoms with Gasteiger partial charge in [-0.1, -0.05) is 85.0 Å². The zero-order valence-electron chi connectivity index (χ0n) is 10.6. The van der Waals surface area contributed by atoms with Crippen molar-refractivity contribution in [3.05, 3.63) is 0 Å². The number of hydrogen-bond acceptors (Lipinski definition) is 0. The Kier molecular flexibility index (Phi) is 11.1. The SMILES string of the molecule is CCCCCCCCC(CC)CCC. The van der Waals surface area contributed by atoms with Gasteiger partial charge in [-0.3, -0.25) is 0 Å². The maximum atomic E-state index is 2.34. The molecule has 0 aliphatic heterocycles. The lowest BCUT2D eigenvalue weighted by Crippen LogP contribution is -1.97. The van der Waals surface area contributed by atoms with E-state index >= 15 is 0 Å². The molecule has 0 saturated carbocycles. The third-order valence-corrected chi connectivity index (χ3v) is 3.24. The molecule has 14 heavy (non-hydrogen) atoms. The topological polar surface area (TPSA) is 0 Å². The lowest BCUT2D eigenvalue weighted by Gasteiger charge is -2.12. The van der Waals surface area contributed by atoms with Crippen LogP contribution in [0.2, 0.25) is 0 Å². The summed E-state index contributed by atoms with van der Waals surface area (Å²) in [4.78, 5) is 0. The van der Waals surface area contributed by atoms with Crippen LogP contribution in [0.15, 0.2) is 0 Å². The summed E-state index contributed by atoms with van der Waals surface area (Å²) < 4.78 is 0. The van der Waals surface area contributed by atoms with Crippen LogP contribution >= 0.6 is 0 Å². The van der Waals surface area contributed by atoms with Crippen LogP contribution < -0.4 is 0 Å². The third-order valence-electron chi connectivity index (χ3n) is 3.24. The molecule has 0 radical (unpaired) electrons. The van der Waals surface area contributed by atoms with Crippen molar-refractivity contribution in [2.75, 3.05) is 0 Å². The van der Waals surface area contributed by atoms with Crippen molar-refractivity contribution in [3.8, 4) is 0 Å². The minimum Gasteiger partial charge on any atom is -0.0654 e. The first-order valence-electron chi connectivity index (χ1n) is 6.85. The predicted molar refractivity (Wildman–Crippen MR) is 66.7 cm³/mol. The Morgan fingerprint density at radius 2 is 1.29 bits per heavy atom. The van der Waals surface area contributed by atoms with Crippen LogP contribution in [0.3, 0.4) is 0 Å². The highest BCUT2D eigenvalue weighted by Gasteiger charge is 2.03. The summed E-state index contributed by atoms with van der Waals surface area (Å²) in [5, 5.41) is 0. The minimum atomic E-state index is 1.02. The molecule has 0 bridgehead atoms. The summed E-state index contributed by atoms with van der Waals surface area (Å²) in [5.74, 6) is 1.02. The molecular weight excluding hydrogens is 168 g/mol. The fourth-order valence-electron chi connectivity index (χ4n) is 2.17. The van der Waals surface area contributed by atoms with E-state index in [9.17, 15) is 0 Å². The molecule has 0 nitrogen and oxygen atoms in total. The highest BCUT2D eigenvalue weighted by Crippen LogP contribution is 2.19. The van der Waals surface area contributed by atoms with Gasteiger partial charge < -0.3 is 0 Å². The first-order valence-corrected chi connectivity index (χ1v) is 6.85. The monoisotopic (exact) mass is 198 g/mol. The van der Waals surface area contributed by atoms with E-state index < -0.39 is 0 Å². The van der Waals surface area contributed by atoms with Crippen molar-refractivity contribution in [1.29, 1.82) is 0 Å². The van der Waals surface area contributed by atoms with E-state index in [-0.39, 0.29) is 0 Å². The standard InChI is InChI=1S/C14H30/c1-4-7-8-9-10-11-13-14(6-3)12-5-2/h14H,4-13H2,1-3H3. The maximum absolute atomic E-state index is 2.34. The summed E-state index contributed by atoms with van der Waals surface area (Å²) in [6.07, 6.45) is 14.4. The van der Waals surface area contributed by atoms with E-state index in [0.29, 0.717) is 0 Å². The highest BCUT2D eigenvalue weighted by molar-refractivity contribution is 4.57. The van der Waals surface area contributed by atoms with E-state index in [4.69, 9.17) is 0 Å². The van der Waals surface area contributed by atoms with Crippen molar-refractivity contribution >= 4 is 0 Å². The predicted octanol–water partition coefficient (Wildman–Crippen LogP) is 5.56. The maximum Gasteiger partial charge on any atom is -0.0417 e. The van der Waals surface area contributed by atoms with Crippen LogP contribution in [0, 0.1) is 5.92 Å². The zero-order valence-corrected chi connectivity index (χ0v) is 10.6. The van der Waals surface area contributed by atoms with Crippen molar-refractivity contribution in [3.63, 3.8) is 0 Å². The third kappa shape index (κ3) is 8.59. The lowest BCUT2D eigenvalue weighted by molar-refractivity contribution is 0.408. The summed E-state index contributed by atoms with van der Waals surface area (Å²) in [5.41, 5.74) is 0. The van der Waals surface area contributed by atoms with Gasteiger partial charge in [-0.25, -0.2) is 0 Å². The molecule has 0 heteroatoms. The van der Waals surface area contributed by atoms with Crippen LogP contribution in [-0.2, 0) is 0 Å². The molecule has 0 aromatic carbocycles. The molecule has 1 atom stereocenters. The second-order valence-corrected chi connectivity index (χ2v) is 4.62. The molecule has 0 saturated heterocycles. The Hall–Kier alpha value is 0. The second-order valence-electron chi connectivity index (χ2n) is 4.62. The smallest absolute Gasteiger partial charge is 0.0417 e. The average molecular weight is 198 g/mol. The summed E-state index contributed by atoms with van der Waals surface area (Å²) >= 11 is 0. The van der Waals surface area contributed by atoms with Gasteiger partial charge in [0, 0.05) is 0 Å². The van der Waals surface area contributed by atoms with Crippen LogP contribution in [0.25, 0.3) is 0 Å². The van der Waals surface area contributed by atoms with Crippen molar-refractivity contribution in [2.24, 2.45) is 5.92 Å². The van der Waals surface area contributed by atoms with E-state index in [2.05, 4.69) is 20.8 Å². The fraction of sp³-hybridized carbons (Fsp3) is 1.00. The fourth-order valence-corrected chi connectivity index (χ4v) is 2.17. The summed E-state index contributed by atoms with van der Waals surface area (Å²) in [7, 11) is 0. The molecule has 0 amide bonds. The highest BCUT2D eigenvalue weighted by atomic mass is 14.1. The van der Waals surface area contributed by atoms with Gasteiger partial charge in [0.25, 0.3) is 0 Å². The molecule has 0 N–H and O–H groups in total. The summed E-state index contributed by atoms with van der Waals surface area (Å²) in [6, 6.07) is 0. The van der Waals surface area contributed by atoms with Gasteiger partial charge in [0.15, 0.2) is 0 Å². The van der Waals surface area contributed by atoms with Crippen LogP contribution in [0.5, 0.6) is 0 Å². The molecule has 0 aromatic heterocycles. The quantitative estimate of drug-likeness (QED) is 0.403. The summed E-state index contributed by atoms with van der Waals surface area (Å²) in [6.45, 7) is 6.94. The number of rotatable bonds is 10. The molecule has 1 unspecified atom stereocenters. The molecule has 86 valence electrons. The van der Waals surface area contributed by atoms with E-state index in [1.54, 1.807) is 0 Å². The number of unbranched alkanes of at least 4 members (excludes halogenated alkanes) is 5. The normalized spacial score (nSPS) is 13.1. The average Bonchev–Trinajstić information content (AvgIpc) is 2.21. The first-order chi connectivity index (χ1) is 6.85. The molecule has 0 heterocycles. The van der Waals surface area contributed by atoms with Gasteiger partial charge >= 0.3 is 0 Å². The molecule has 0 aromatic rings.